The molecule has 0 saturated carbocycles. The second kappa shape index (κ2) is 10.5. The van der Waals surface area contributed by atoms with Gasteiger partial charge in [0.1, 0.15) is 0 Å². The van der Waals surface area contributed by atoms with E-state index in [1.807, 2.05) is 6.92 Å². The fourth-order valence-electron chi connectivity index (χ4n) is 1.04. The van der Waals surface area contributed by atoms with Crippen LogP contribution in [0.15, 0.2) is 0 Å². The maximum absolute atomic E-state index is 8.91. The van der Waals surface area contributed by atoms with Crippen LogP contribution in [0.1, 0.15) is 52.4 Å². The van der Waals surface area contributed by atoms with E-state index in [-0.39, 0.29) is 23.2 Å². The van der Waals surface area contributed by atoms with Crippen molar-refractivity contribution in [2.24, 2.45) is 0 Å². The van der Waals surface area contributed by atoms with Crippen LogP contribution in [0, 0.1) is 0 Å². The molecule has 0 heterocycles. The zero-order valence-electron chi connectivity index (χ0n) is 7.57. The van der Waals surface area contributed by atoms with Gasteiger partial charge in [0.2, 0.25) is 0 Å². The average Bonchev–Trinajstić information content (AvgIpc) is 1.87. The molecule has 0 amide bonds. The van der Waals surface area contributed by atoms with Gasteiger partial charge in [0, 0.05) is 17.1 Å². The number of rotatable bonds is 6. The quantitative estimate of drug-likeness (QED) is 0.525. The molecule has 0 aliphatic rings. The normalized spacial score (nSPS) is 12.3. The Hall–Kier alpha value is 0.479. The van der Waals surface area contributed by atoms with Gasteiger partial charge in [-0.2, -0.15) is 0 Å². The number of hydrogen-bond acceptors (Lipinski definition) is 1. The first-order valence-electron chi connectivity index (χ1n) is 4.45. The van der Waals surface area contributed by atoms with Crippen LogP contribution < -0.4 is 0 Å². The van der Waals surface area contributed by atoms with Crippen molar-refractivity contribution in [1.82, 2.24) is 0 Å². The molecule has 0 bridgehead atoms. The van der Waals surface area contributed by atoms with Crippen LogP contribution >= 0.6 is 0 Å². The smallest absolute Gasteiger partial charge is 0.0512 e. The topological polar surface area (TPSA) is 20.2 Å². The molecule has 11 heavy (non-hydrogen) atoms. The summed E-state index contributed by atoms with van der Waals surface area (Å²) in [4.78, 5) is 0. The molecule has 1 unspecified atom stereocenters. The Balaban J connectivity index is 0. The van der Waals surface area contributed by atoms with Crippen molar-refractivity contribution >= 4 is 0 Å². The van der Waals surface area contributed by atoms with E-state index in [0.29, 0.717) is 0 Å². The molecular weight excluding hydrogens is 188 g/mol. The van der Waals surface area contributed by atoms with Gasteiger partial charge in [-0.05, 0) is 13.3 Å². The molecule has 2 heteroatoms. The van der Waals surface area contributed by atoms with Gasteiger partial charge in [-0.1, -0.05) is 39.0 Å². The Morgan fingerprint density at radius 2 is 1.64 bits per heavy atom. The zero-order chi connectivity index (χ0) is 7.82. The standard InChI is InChI=1S/C9H20O.Cu/c1-3-4-5-6-7-8-9(2)10;/h9-10H,3-8H2,1-2H3;. The largest absolute Gasteiger partial charge is 0.393 e. The van der Waals surface area contributed by atoms with Gasteiger partial charge in [-0.15, -0.1) is 0 Å². The van der Waals surface area contributed by atoms with E-state index in [4.69, 9.17) is 5.11 Å². The minimum Gasteiger partial charge on any atom is -0.393 e. The van der Waals surface area contributed by atoms with Crippen molar-refractivity contribution in [2.75, 3.05) is 0 Å². The second-order valence-electron chi connectivity index (χ2n) is 3.05. The minimum atomic E-state index is -0.0957. The summed E-state index contributed by atoms with van der Waals surface area (Å²) in [6.45, 7) is 4.08. The van der Waals surface area contributed by atoms with E-state index >= 15 is 0 Å². The maximum Gasteiger partial charge on any atom is 0.0512 e. The van der Waals surface area contributed by atoms with Crippen LogP contribution in [0.2, 0.25) is 0 Å². The van der Waals surface area contributed by atoms with E-state index in [9.17, 15) is 0 Å². The minimum absolute atomic E-state index is 0. The van der Waals surface area contributed by atoms with Gasteiger partial charge in [0.05, 0.1) is 6.10 Å². The molecule has 0 aromatic heterocycles. The Morgan fingerprint density at radius 1 is 1.09 bits per heavy atom. The van der Waals surface area contributed by atoms with Crippen molar-refractivity contribution in [3.05, 3.63) is 0 Å². The number of aliphatic hydroxyl groups excluding tert-OH is 1. The van der Waals surface area contributed by atoms with Crippen LogP contribution in [0.3, 0.4) is 0 Å². The van der Waals surface area contributed by atoms with E-state index < -0.39 is 0 Å². The molecule has 0 spiro atoms. The van der Waals surface area contributed by atoms with Gasteiger partial charge in [-0.3, -0.25) is 0 Å². The molecule has 0 aliphatic heterocycles. The fraction of sp³-hybridized carbons (Fsp3) is 1.00. The van der Waals surface area contributed by atoms with Crippen molar-refractivity contribution < 1.29 is 22.2 Å². The average molecular weight is 208 g/mol. The molecular formula is C9H20CuO. The van der Waals surface area contributed by atoms with E-state index in [1.165, 1.54) is 32.1 Å². The Labute approximate surface area is 81.0 Å². The SMILES string of the molecule is CCCCCCCC(C)O.[Cu]. The van der Waals surface area contributed by atoms with Crippen LogP contribution in [0.4, 0.5) is 0 Å². The Bertz CT molecular complexity index is 64.6. The first-order chi connectivity index (χ1) is 4.77. The van der Waals surface area contributed by atoms with E-state index in [1.54, 1.807) is 0 Å². The summed E-state index contributed by atoms with van der Waals surface area (Å²) < 4.78 is 0. The molecule has 1 radical (unpaired) electrons. The Kier molecular flexibility index (Phi) is 13.4. The van der Waals surface area contributed by atoms with E-state index in [2.05, 4.69) is 6.92 Å². The van der Waals surface area contributed by atoms with Crippen LogP contribution in [-0.4, -0.2) is 11.2 Å². The predicted molar refractivity (Wildman–Crippen MR) is 45.1 cm³/mol. The van der Waals surface area contributed by atoms with Gasteiger partial charge >= 0.3 is 0 Å². The fourth-order valence-corrected chi connectivity index (χ4v) is 1.04. The molecule has 1 atom stereocenters. The van der Waals surface area contributed by atoms with Gasteiger partial charge < -0.3 is 5.11 Å². The molecule has 0 rings (SSSR count). The van der Waals surface area contributed by atoms with Gasteiger partial charge in [0.25, 0.3) is 0 Å². The third-order valence-electron chi connectivity index (χ3n) is 1.73. The molecule has 1 nitrogen and oxygen atoms in total. The Morgan fingerprint density at radius 3 is 2.09 bits per heavy atom. The summed E-state index contributed by atoms with van der Waals surface area (Å²) in [7, 11) is 0. The van der Waals surface area contributed by atoms with Crippen molar-refractivity contribution in [1.29, 1.82) is 0 Å². The third kappa shape index (κ3) is 13.5. The van der Waals surface area contributed by atoms with Crippen LogP contribution in [-0.2, 0) is 17.1 Å². The summed E-state index contributed by atoms with van der Waals surface area (Å²) in [5, 5.41) is 8.91. The first-order valence-corrected chi connectivity index (χ1v) is 4.45. The number of aliphatic hydroxyl groups is 1. The van der Waals surface area contributed by atoms with Gasteiger partial charge in [0.15, 0.2) is 0 Å². The molecule has 0 aromatic rings. The first kappa shape index (κ1) is 14.0. The second-order valence-corrected chi connectivity index (χ2v) is 3.05. The maximum atomic E-state index is 8.91. The summed E-state index contributed by atoms with van der Waals surface area (Å²) in [6, 6.07) is 0. The summed E-state index contributed by atoms with van der Waals surface area (Å²) in [5.74, 6) is 0. The summed E-state index contributed by atoms with van der Waals surface area (Å²) in [6.07, 6.45) is 7.35. The van der Waals surface area contributed by atoms with Crippen LogP contribution in [0.5, 0.6) is 0 Å². The van der Waals surface area contributed by atoms with Crippen molar-refractivity contribution in [2.45, 2.75) is 58.5 Å². The predicted octanol–water partition coefficient (Wildman–Crippen LogP) is 2.73. The molecule has 0 saturated heterocycles. The van der Waals surface area contributed by atoms with Crippen molar-refractivity contribution in [3.63, 3.8) is 0 Å². The molecule has 0 aromatic carbocycles. The molecule has 73 valence electrons. The summed E-state index contributed by atoms with van der Waals surface area (Å²) >= 11 is 0. The number of hydrogen-bond donors (Lipinski definition) is 1. The molecule has 0 aliphatic carbocycles. The zero-order valence-corrected chi connectivity index (χ0v) is 8.51. The molecule has 0 fully saturated rings. The number of unbranched alkanes of at least 4 members (excludes halogenated alkanes) is 4. The van der Waals surface area contributed by atoms with Crippen LogP contribution in [0.25, 0.3) is 0 Å². The monoisotopic (exact) mass is 207 g/mol. The van der Waals surface area contributed by atoms with Crippen molar-refractivity contribution in [3.8, 4) is 0 Å². The summed E-state index contributed by atoms with van der Waals surface area (Å²) in [5.41, 5.74) is 0. The molecule has 1 N–H and O–H groups in total. The van der Waals surface area contributed by atoms with Gasteiger partial charge in [-0.25, -0.2) is 0 Å². The third-order valence-corrected chi connectivity index (χ3v) is 1.73. The van der Waals surface area contributed by atoms with E-state index in [0.717, 1.165) is 6.42 Å².